The molecular weight excluding hydrogens is 370 g/mol. The molecule has 1 spiro atoms. The maximum absolute atomic E-state index is 13.9. The summed E-state index contributed by atoms with van der Waals surface area (Å²) in [5.74, 6) is 0.444. The number of nitrogens with zero attached hydrogens (tertiary/aromatic N) is 1. The van der Waals surface area contributed by atoms with Crippen LogP contribution in [-0.2, 0) is 27.3 Å². The molecule has 2 amide bonds. The average molecular weight is 399 g/mol. The van der Waals surface area contributed by atoms with E-state index in [1.54, 1.807) is 6.07 Å². The molecule has 3 saturated heterocycles. The molecule has 2 bridgehead atoms. The minimum atomic E-state index is -0.498. The highest BCUT2D eigenvalue weighted by Gasteiger charge is 2.78. The lowest BCUT2D eigenvalue weighted by Crippen LogP contribution is -2.62. The van der Waals surface area contributed by atoms with Crippen LogP contribution < -0.4 is 10.6 Å². The highest BCUT2D eigenvalue weighted by Crippen LogP contribution is 2.69. The summed E-state index contributed by atoms with van der Waals surface area (Å²) in [6.45, 7) is 4.85. The zero-order valence-corrected chi connectivity index (χ0v) is 16.9. The Hall–Kier alpha value is -2.12. The monoisotopic (exact) mass is 399 g/mol. The van der Waals surface area contributed by atoms with Gasteiger partial charge in [-0.25, -0.2) is 0 Å². The van der Waals surface area contributed by atoms with Gasteiger partial charge >= 0.3 is 0 Å². The fraction of sp³-hybridized carbons (Fsp3) is 0.636. The van der Waals surface area contributed by atoms with E-state index in [1.165, 1.54) is 6.92 Å². The highest BCUT2D eigenvalue weighted by atomic mass is 16.5. The van der Waals surface area contributed by atoms with Crippen molar-refractivity contribution < 1.29 is 19.4 Å². The lowest BCUT2D eigenvalue weighted by Gasteiger charge is -2.50. The second kappa shape index (κ2) is 6.44. The Morgan fingerprint density at radius 3 is 2.76 bits per heavy atom. The number of fused-ring (bicyclic) bond motifs is 1. The van der Waals surface area contributed by atoms with Gasteiger partial charge in [-0.3, -0.25) is 9.59 Å². The molecule has 6 rings (SSSR count). The zero-order chi connectivity index (χ0) is 20.3. The number of hydrogen-bond acceptors (Lipinski definition) is 5. The van der Waals surface area contributed by atoms with Gasteiger partial charge in [-0.2, -0.15) is 0 Å². The van der Waals surface area contributed by atoms with E-state index in [2.05, 4.69) is 10.6 Å². The lowest BCUT2D eigenvalue weighted by molar-refractivity contribution is -0.153. The Balaban J connectivity index is 1.41. The summed E-state index contributed by atoms with van der Waals surface area (Å²) in [6, 6.07) is 5.56. The maximum Gasteiger partial charge on any atom is 0.232 e. The number of nitrogens with one attached hydrogen (secondary N) is 2. The third-order valence-corrected chi connectivity index (χ3v) is 7.54. The number of aromatic hydroxyl groups is 1. The summed E-state index contributed by atoms with van der Waals surface area (Å²) in [6.07, 6.45) is 3.69. The van der Waals surface area contributed by atoms with Crippen LogP contribution in [0.5, 0.6) is 5.75 Å². The Kier molecular flexibility index (Phi) is 4.19. The lowest BCUT2D eigenvalue weighted by atomic mass is 9.53. The first-order chi connectivity index (χ1) is 13.9. The first-order valence-electron chi connectivity index (χ1n) is 10.6. The van der Waals surface area contributed by atoms with Crippen molar-refractivity contribution in [2.45, 2.75) is 56.8 Å². The standard InChI is InChI=1S/C22H29N3O4/c1-15(26)24-14-20-12-21(13-20,22(29-20)6-8-23-9-7-22)19(28)25-10-5-17-16(11-25)3-2-4-18(17)27/h2-4,23,27H,5-14H2,1H3,(H,24,26). The largest absolute Gasteiger partial charge is 0.508 e. The predicted molar refractivity (Wildman–Crippen MR) is 106 cm³/mol. The van der Waals surface area contributed by atoms with Crippen LogP contribution in [0.2, 0.25) is 0 Å². The Morgan fingerprint density at radius 2 is 2.03 bits per heavy atom. The van der Waals surface area contributed by atoms with E-state index in [0.29, 0.717) is 44.6 Å². The first kappa shape index (κ1) is 18.9. The van der Waals surface area contributed by atoms with Crippen molar-refractivity contribution in [1.82, 2.24) is 15.5 Å². The number of ether oxygens (including phenoxy) is 1. The number of phenolic OH excluding ortho intramolecular Hbond substituents is 1. The molecule has 4 aliphatic heterocycles. The van der Waals surface area contributed by atoms with Crippen LogP contribution >= 0.6 is 0 Å². The van der Waals surface area contributed by atoms with E-state index in [1.807, 2.05) is 17.0 Å². The fourth-order valence-electron chi connectivity index (χ4n) is 6.22. The normalized spacial score (nSPS) is 31.8. The van der Waals surface area contributed by atoms with Gasteiger partial charge in [0.25, 0.3) is 0 Å². The summed E-state index contributed by atoms with van der Waals surface area (Å²) in [5.41, 5.74) is 0.643. The number of rotatable bonds is 3. The molecule has 7 heteroatoms. The summed E-state index contributed by atoms with van der Waals surface area (Å²) >= 11 is 0. The van der Waals surface area contributed by atoms with E-state index in [9.17, 15) is 14.7 Å². The molecule has 1 aromatic carbocycles. The van der Waals surface area contributed by atoms with E-state index < -0.39 is 16.6 Å². The van der Waals surface area contributed by atoms with Crippen LogP contribution in [0, 0.1) is 5.41 Å². The van der Waals surface area contributed by atoms with Crippen LogP contribution in [0.15, 0.2) is 18.2 Å². The number of carbonyl (C=O) groups excluding carboxylic acids is 2. The third-order valence-electron chi connectivity index (χ3n) is 7.54. The second-order valence-electron chi connectivity index (χ2n) is 9.27. The van der Waals surface area contributed by atoms with Gasteiger partial charge in [-0.1, -0.05) is 12.1 Å². The molecule has 3 N–H and O–H groups in total. The topological polar surface area (TPSA) is 90.9 Å². The number of carbonyl (C=O) groups is 2. The summed E-state index contributed by atoms with van der Waals surface area (Å²) in [5, 5.41) is 16.4. The van der Waals surface area contributed by atoms with Gasteiger partial charge in [0.2, 0.25) is 11.8 Å². The third kappa shape index (κ3) is 2.70. The van der Waals surface area contributed by atoms with Crippen molar-refractivity contribution in [2.24, 2.45) is 5.41 Å². The maximum atomic E-state index is 13.9. The van der Waals surface area contributed by atoms with Crippen LogP contribution in [0.4, 0.5) is 0 Å². The van der Waals surface area contributed by atoms with Crippen LogP contribution in [0.3, 0.4) is 0 Å². The summed E-state index contributed by atoms with van der Waals surface area (Å²) in [7, 11) is 0. The van der Waals surface area contributed by atoms with Gasteiger partial charge in [0.1, 0.15) is 5.75 Å². The average Bonchev–Trinajstić information content (AvgIpc) is 3.10. The minimum absolute atomic E-state index is 0.0643. The zero-order valence-electron chi connectivity index (χ0n) is 16.9. The molecule has 0 radical (unpaired) electrons. The Labute approximate surface area is 170 Å². The molecule has 4 fully saturated rings. The molecule has 0 aromatic heterocycles. The van der Waals surface area contributed by atoms with E-state index >= 15 is 0 Å². The van der Waals surface area contributed by atoms with Crippen molar-refractivity contribution in [1.29, 1.82) is 0 Å². The fourth-order valence-corrected chi connectivity index (χ4v) is 6.22. The SMILES string of the molecule is CC(=O)NCC12CC(C(=O)N3CCc4c(O)cccc4C3)(C1)C1(CCNCC1)O2. The minimum Gasteiger partial charge on any atom is -0.508 e. The number of phenols is 1. The smallest absolute Gasteiger partial charge is 0.232 e. The molecule has 1 aliphatic carbocycles. The molecule has 1 saturated carbocycles. The number of piperidine rings is 1. The van der Waals surface area contributed by atoms with Crippen molar-refractivity contribution >= 4 is 11.8 Å². The quantitative estimate of drug-likeness (QED) is 0.708. The number of hydrogen-bond donors (Lipinski definition) is 3. The molecule has 29 heavy (non-hydrogen) atoms. The van der Waals surface area contributed by atoms with Crippen molar-refractivity contribution in [2.75, 3.05) is 26.2 Å². The Morgan fingerprint density at radius 1 is 1.28 bits per heavy atom. The number of benzene rings is 1. The molecule has 156 valence electrons. The predicted octanol–water partition coefficient (Wildman–Crippen LogP) is 1.08. The molecule has 5 aliphatic rings. The van der Waals surface area contributed by atoms with Gasteiger partial charge in [0, 0.05) is 32.1 Å². The van der Waals surface area contributed by atoms with E-state index in [0.717, 1.165) is 37.1 Å². The van der Waals surface area contributed by atoms with Gasteiger partial charge in [0.05, 0.1) is 16.6 Å². The van der Waals surface area contributed by atoms with Crippen molar-refractivity contribution in [3.8, 4) is 5.75 Å². The summed E-state index contributed by atoms with van der Waals surface area (Å²) in [4.78, 5) is 27.3. The molecule has 7 nitrogen and oxygen atoms in total. The van der Waals surface area contributed by atoms with Gasteiger partial charge in [-0.15, -0.1) is 0 Å². The first-order valence-corrected chi connectivity index (χ1v) is 10.6. The van der Waals surface area contributed by atoms with E-state index in [4.69, 9.17) is 4.74 Å². The second-order valence-corrected chi connectivity index (χ2v) is 9.27. The van der Waals surface area contributed by atoms with Gasteiger partial charge in [-0.05, 0) is 56.8 Å². The molecule has 4 heterocycles. The highest BCUT2D eigenvalue weighted by molar-refractivity contribution is 5.87. The van der Waals surface area contributed by atoms with Crippen LogP contribution in [0.1, 0.15) is 43.7 Å². The van der Waals surface area contributed by atoms with Crippen molar-refractivity contribution in [3.05, 3.63) is 29.3 Å². The van der Waals surface area contributed by atoms with E-state index in [-0.39, 0.29) is 11.8 Å². The Bertz CT molecular complexity index is 856. The molecule has 1 aromatic rings. The van der Waals surface area contributed by atoms with Crippen LogP contribution in [0.25, 0.3) is 0 Å². The van der Waals surface area contributed by atoms with Gasteiger partial charge in [0.15, 0.2) is 0 Å². The van der Waals surface area contributed by atoms with Gasteiger partial charge < -0.3 is 25.4 Å². The van der Waals surface area contributed by atoms with Crippen LogP contribution in [-0.4, -0.2) is 59.2 Å². The summed E-state index contributed by atoms with van der Waals surface area (Å²) < 4.78 is 6.66. The number of amides is 2. The molecule has 0 atom stereocenters. The van der Waals surface area contributed by atoms with Crippen molar-refractivity contribution in [3.63, 3.8) is 0 Å². The molecule has 0 unspecified atom stereocenters. The molecular formula is C22H29N3O4.